The van der Waals surface area contributed by atoms with Gasteiger partial charge in [0.15, 0.2) is 0 Å². The topological polar surface area (TPSA) is 74.4 Å². The number of rotatable bonds is 6. The third-order valence-corrected chi connectivity index (χ3v) is 2.53. The van der Waals surface area contributed by atoms with E-state index in [9.17, 15) is 4.79 Å². The number of hydrogen-bond donors (Lipinski definition) is 1. The molecule has 0 aliphatic carbocycles. The van der Waals surface area contributed by atoms with Crippen molar-refractivity contribution >= 4 is 29.2 Å². The summed E-state index contributed by atoms with van der Waals surface area (Å²) in [6, 6.07) is 2.45. The Hall–Kier alpha value is -0.880. The van der Waals surface area contributed by atoms with Crippen LogP contribution in [0, 0.1) is 0 Å². The summed E-state index contributed by atoms with van der Waals surface area (Å²) >= 11 is 11.4. The van der Waals surface area contributed by atoms with Gasteiger partial charge in [0, 0.05) is 13.7 Å². The van der Waals surface area contributed by atoms with E-state index in [2.05, 4.69) is 4.98 Å². The average molecular weight is 293 g/mol. The molecule has 0 aromatic carbocycles. The summed E-state index contributed by atoms with van der Waals surface area (Å²) in [6.07, 6.45) is 0.410. The number of aromatic nitrogens is 1. The van der Waals surface area contributed by atoms with Crippen LogP contribution in [-0.2, 0) is 20.9 Å². The van der Waals surface area contributed by atoms with Gasteiger partial charge in [-0.3, -0.25) is 4.79 Å². The van der Waals surface area contributed by atoms with Gasteiger partial charge in [-0.2, -0.15) is 0 Å². The molecule has 18 heavy (non-hydrogen) atoms. The number of carbonyl (C=O) groups is 1. The molecular weight excluding hydrogens is 279 g/mol. The van der Waals surface area contributed by atoms with E-state index in [0.717, 1.165) is 0 Å². The second-order valence-electron chi connectivity index (χ2n) is 3.62. The lowest BCUT2D eigenvalue weighted by Gasteiger charge is -2.11. The number of carbonyl (C=O) groups excluding carboxylic acids is 1. The van der Waals surface area contributed by atoms with Crippen molar-refractivity contribution in [2.75, 3.05) is 13.7 Å². The Morgan fingerprint density at radius 3 is 2.61 bits per heavy atom. The van der Waals surface area contributed by atoms with Crippen molar-refractivity contribution in [2.24, 2.45) is 5.73 Å². The second-order valence-corrected chi connectivity index (χ2v) is 4.39. The molecule has 0 saturated carbocycles. The first-order valence-corrected chi connectivity index (χ1v) is 6.01. The van der Waals surface area contributed by atoms with Gasteiger partial charge in [-0.15, -0.1) is 0 Å². The lowest BCUT2D eigenvalue weighted by atomic mass is 10.2. The lowest BCUT2D eigenvalue weighted by Crippen LogP contribution is -2.33. The van der Waals surface area contributed by atoms with Crippen LogP contribution >= 0.6 is 23.2 Å². The Bertz CT molecular complexity index is 395. The minimum atomic E-state index is -0.697. The Balaban J connectivity index is 2.46. The fraction of sp³-hybridized carbons (Fsp3) is 0.455. The van der Waals surface area contributed by atoms with Gasteiger partial charge in [-0.05, 0) is 24.1 Å². The lowest BCUT2D eigenvalue weighted by molar-refractivity contribution is -0.147. The second kappa shape index (κ2) is 7.53. The van der Waals surface area contributed by atoms with E-state index in [0.29, 0.717) is 18.6 Å². The van der Waals surface area contributed by atoms with Gasteiger partial charge >= 0.3 is 5.97 Å². The van der Waals surface area contributed by atoms with E-state index >= 15 is 0 Å². The predicted octanol–water partition coefficient (Wildman–Crippen LogP) is 1.80. The molecule has 0 amide bonds. The molecule has 100 valence electrons. The largest absolute Gasteiger partial charge is 0.460 e. The zero-order chi connectivity index (χ0) is 13.5. The first-order valence-electron chi connectivity index (χ1n) is 5.26. The molecule has 0 radical (unpaired) electrons. The van der Waals surface area contributed by atoms with Crippen LogP contribution in [0.15, 0.2) is 12.1 Å². The molecule has 1 aromatic heterocycles. The molecule has 0 saturated heterocycles. The van der Waals surface area contributed by atoms with Crippen LogP contribution < -0.4 is 5.73 Å². The van der Waals surface area contributed by atoms with Crippen molar-refractivity contribution in [3.8, 4) is 0 Å². The molecule has 0 aliphatic heterocycles. The number of pyridine rings is 1. The fourth-order valence-electron chi connectivity index (χ4n) is 1.22. The highest BCUT2D eigenvalue weighted by molar-refractivity contribution is 6.32. The van der Waals surface area contributed by atoms with E-state index in [1.165, 1.54) is 0 Å². The molecule has 0 aliphatic rings. The van der Waals surface area contributed by atoms with E-state index in [4.69, 9.17) is 38.4 Å². The Morgan fingerprint density at radius 2 is 2.06 bits per heavy atom. The summed E-state index contributed by atoms with van der Waals surface area (Å²) in [5.74, 6) is -0.490. The molecule has 1 aromatic rings. The standard InChI is InChI=1S/C11H14Cl2N2O3/c1-17-3-2-8(14)11(16)18-6-7-4-9(12)15-10(13)5-7/h4-5,8H,2-3,6,14H2,1H3/t8-/m0/s1. The minimum absolute atomic E-state index is 0.0570. The average Bonchev–Trinajstić information content (AvgIpc) is 2.31. The molecule has 0 spiro atoms. The smallest absolute Gasteiger partial charge is 0.323 e. The number of nitrogens with zero attached hydrogens (tertiary/aromatic N) is 1. The van der Waals surface area contributed by atoms with E-state index < -0.39 is 12.0 Å². The first kappa shape index (κ1) is 15.2. The molecule has 0 fully saturated rings. The summed E-state index contributed by atoms with van der Waals surface area (Å²) in [7, 11) is 1.54. The molecule has 1 rings (SSSR count). The van der Waals surface area contributed by atoms with Crippen molar-refractivity contribution in [1.29, 1.82) is 0 Å². The van der Waals surface area contributed by atoms with Crippen molar-refractivity contribution in [1.82, 2.24) is 4.98 Å². The van der Waals surface area contributed by atoms with E-state index in [1.54, 1.807) is 19.2 Å². The normalized spacial score (nSPS) is 12.2. The van der Waals surface area contributed by atoms with Gasteiger partial charge in [-0.1, -0.05) is 23.2 Å². The van der Waals surface area contributed by atoms with Gasteiger partial charge in [0.1, 0.15) is 23.0 Å². The van der Waals surface area contributed by atoms with E-state index in [1.807, 2.05) is 0 Å². The number of nitrogens with two attached hydrogens (primary N) is 1. The molecular formula is C11H14Cl2N2O3. The van der Waals surface area contributed by atoms with Gasteiger partial charge in [0.25, 0.3) is 0 Å². The number of hydrogen-bond acceptors (Lipinski definition) is 5. The van der Waals surface area contributed by atoms with Crippen LogP contribution in [0.3, 0.4) is 0 Å². The third kappa shape index (κ3) is 5.18. The van der Waals surface area contributed by atoms with Crippen molar-refractivity contribution in [3.05, 3.63) is 28.0 Å². The van der Waals surface area contributed by atoms with Gasteiger partial charge in [0.2, 0.25) is 0 Å². The van der Waals surface area contributed by atoms with Crippen LogP contribution in [0.5, 0.6) is 0 Å². The van der Waals surface area contributed by atoms with Crippen molar-refractivity contribution in [3.63, 3.8) is 0 Å². The highest BCUT2D eigenvalue weighted by atomic mass is 35.5. The number of methoxy groups -OCH3 is 1. The molecule has 1 heterocycles. The van der Waals surface area contributed by atoms with Gasteiger partial charge in [0.05, 0.1) is 0 Å². The summed E-state index contributed by atoms with van der Waals surface area (Å²) in [6.45, 7) is 0.463. The Morgan fingerprint density at radius 1 is 1.44 bits per heavy atom. The molecule has 5 nitrogen and oxygen atoms in total. The highest BCUT2D eigenvalue weighted by Gasteiger charge is 2.14. The van der Waals surface area contributed by atoms with Gasteiger partial charge in [-0.25, -0.2) is 4.98 Å². The summed E-state index contributed by atoms with van der Waals surface area (Å²) in [5, 5.41) is 0.495. The quantitative estimate of drug-likeness (QED) is 0.639. The van der Waals surface area contributed by atoms with Crippen LogP contribution in [-0.4, -0.2) is 30.7 Å². The number of esters is 1. The zero-order valence-corrected chi connectivity index (χ0v) is 11.4. The maximum absolute atomic E-state index is 11.5. The maximum Gasteiger partial charge on any atom is 0.323 e. The number of ether oxygens (including phenoxy) is 2. The third-order valence-electron chi connectivity index (χ3n) is 2.14. The SMILES string of the molecule is COCC[C@H](N)C(=O)OCc1cc(Cl)nc(Cl)c1. The zero-order valence-electron chi connectivity index (χ0n) is 9.86. The fourth-order valence-corrected chi connectivity index (χ4v) is 1.73. The van der Waals surface area contributed by atoms with Crippen LogP contribution in [0.4, 0.5) is 0 Å². The van der Waals surface area contributed by atoms with Crippen LogP contribution in [0.1, 0.15) is 12.0 Å². The first-order chi connectivity index (χ1) is 8.52. The molecule has 7 heteroatoms. The molecule has 1 atom stereocenters. The molecule has 2 N–H and O–H groups in total. The molecule has 0 bridgehead atoms. The van der Waals surface area contributed by atoms with Crippen molar-refractivity contribution in [2.45, 2.75) is 19.1 Å². The van der Waals surface area contributed by atoms with Crippen molar-refractivity contribution < 1.29 is 14.3 Å². The van der Waals surface area contributed by atoms with E-state index in [-0.39, 0.29) is 16.9 Å². The minimum Gasteiger partial charge on any atom is -0.460 e. The maximum atomic E-state index is 11.5. The van der Waals surface area contributed by atoms with Crippen LogP contribution in [0.2, 0.25) is 10.3 Å². The summed E-state index contributed by atoms with van der Waals surface area (Å²) in [4.78, 5) is 15.3. The number of halogens is 2. The predicted molar refractivity (Wildman–Crippen MR) is 68.5 cm³/mol. The highest BCUT2D eigenvalue weighted by Crippen LogP contribution is 2.15. The summed E-state index contributed by atoms with van der Waals surface area (Å²) < 4.78 is 9.86. The Labute approximate surface area is 115 Å². The van der Waals surface area contributed by atoms with Gasteiger partial charge < -0.3 is 15.2 Å². The van der Waals surface area contributed by atoms with Crippen LogP contribution in [0.25, 0.3) is 0 Å². The summed E-state index contributed by atoms with van der Waals surface area (Å²) in [5.41, 5.74) is 6.27. The monoisotopic (exact) mass is 292 g/mol. The Kier molecular flexibility index (Phi) is 6.35. The molecule has 0 unspecified atom stereocenters.